The van der Waals surface area contributed by atoms with Crippen LogP contribution < -0.4 is 5.32 Å². The highest BCUT2D eigenvalue weighted by Gasteiger charge is 2.37. The van der Waals surface area contributed by atoms with Crippen LogP contribution in [-0.4, -0.2) is 55.3 Å². The number of amides is 2. The SMILES string of the molecule is CC(=O)NC(C(=O)N1CCC(C2OCCO2)CC1)C1CCCC1. The van der Waals surface area contributed by atoms with Crippen molar-refractivity contribution in [1.82, 2.24) is 10.2 Å². The summed E-state index contributed by atoms with van der Waals surface area (Å²) >= 11 is 0. The average Bonchev–Trinajstić information content (AvgIpc) is 3.25. The Kier molecular flexibility index (Phi) is 5.54. The second-order valence-electron chi connectivity index (χ2n) is 7.00. The first-order chi connectivity index (χ1) is 11.1. The van der Waals surface area contributed by atoms with Gasteiger partial charge in [-0.2, -0.15) is 0 Å². The van der Waals surface area contributed by atoms with Crippen molar-refractivity contribution in [1.29, 1.82) is 0 Å². The van der Waals surface area contributed by atoms with Gasteiger partial charge in [0.05, 0.1) is 13.2 Å². The molecule has 6 nitrogen and oxygen atoms in total. The van der Waals surface area contributed by atoms with Gasteiger partial charge in [0.15, 0.2) is 6.29 Å². The van der Waals surface area contributed by atoms with Crippen LogP contribution in [0.2, 0.25) is 0 Å². The molecule has 3 fully saturated rings. The summed E-state index contributed by atoms with van der Waals surface area (Å²) in [5.41, 5.74) is 0. The van der Waals surface area contributed by atoms with Crippen LogP contribution in [0, 0.1) is 11.8 Å². The van der Waals surface area contributed by atoms with E-state index in [9.17, 15) is 9.59 Å². The molecule has 1 saturated carbocycles. The van der Waals surface area contributed by atoms with Crippen molar-refractivity contribution in [3.63, 3.8) is 0 Å². The van der Waals surface area contributed by atoms with E-state index in [1.807, 2.05) is 4.90 Å². The Morgan fingerprint density at radius 3 is 2.22 bits per heavy atom. The Morgan fingerprint density at radius 1 is 1.04 bits per heavy atom. The lowest BCUT2D eigenvalue weighted by Crippen LogP contribution is -2.53. The lowest BCUT2D eigenvalue weighted by atomic mass is 9.93. The fraction of sp³-hybridized carbons (Fsp3) is 0.882. The molecule has 2 aliphatic heterocycles. The van der Waals surface area contributed by atoms with Gasteiger partial charge >= 0.3 is 0 Å². The molecule has 6 heteroatoms. The molecule has 3 rings (SSSR count). The molecule has 0 bridgehead atoms. The van der Waals surface area contributed by atoms with Gasteiger partial charge in [-0.25, -0.2) is 0 Å². The number of nitrogens with one attached hydrogen (secondary N) is 1. The van der Waals surface area contributed by atoms with Gasteiger partial charge in [-0.05, 0) is 31.6 Å². The van der Waals surface area contributed by atoms with E-state index in [4.69, 9.17) is 9.47 Å². The van der Waals surface area contributed by atoms with Crippen molar-refractivity contribution in [3.05, 3.63) is 0 Å². The van der Waals surface area contributed by atoms with Crippen molar-refractivity contribution in [2.75, 3.05) is 26.3 Å². The van der Waals surface area contributed by atoms with Crippen LogP contribution in [0.25, 0.3) is 0 Å². The maximum Gasteiger partial charge on any atom is 0.245 e. The van der Waals surface area contributed by atoms with E-state index in [0.717, 1.165) is 51.6 Å². The van der Waals surface area contributed by atoms with Gasteiger partial charge in [0, 0.05) is 25.9 Å². The summed E-state index contributed by atoms with van der Waals surface area (Å²) in [6.07, 6.45) is 6.13. The Balaban J connectivity index is 1.56. The molecular weight excluding hydrogens is 296 g/mol. The number of ether oxygens (including phenoxy) is 2. The average molecular weight is 324 g/mol. The minimum Gasteiger partial charge on any atom is -0.350 e. The second-order valence-corrected chi connectivity index (χ2v) is 7.00. The number of rotatable bonds is 4. The standard InChI is InChI=1S/C17H28N2O4/c1-12(20)18-15(13-4-2-3-5-13)16(21)19-8-6-14(7-9-19)17-22-10-11-23-17/h13-15,17H,2-11H2,1H3,(H,18,20). The van der Waals surface area contributed by atoms with Crippen molar-refractivity contribution in [3.8, 4) is 0 Å². The largest absolute Gasteiger partial charge is 0.350 e. The summed E-state index contributed by atoms with van der Waals surface area (Å²) in [6, 6.07) is -0.342. The maximum absolute atomic E-state index is 12.9. The molecule has 0 aromatic carbocycles. The molecular formula is C17H28N2O4. The predicted molar refractivity (Wildman–Crippen MR) is 84.6 cm³/mol. The molecule has 2 amide bonds. The molecule has 2 heterocycles. The second kappa shape index (κ2) is 7.62. The van der Waals surface area contributed by atoms with Crippen molar-refractivity contribution < 1.29 is 19.1 Å². The van der Waals surface area contributed by atoms with E-state index in [-0.39, 0.29) is 24.1 Å². The van der Waals surface area contributed by atoms with Crippen molar-refractivity contribution in [2.45, 2.75) is 57.8 Å². The topological polar surface area (TPSA) is 67.9 Å². The lowest BCUT2D eigenvalue weighted by Gasteiger charge is -2.37. The zero-order chi connectivity index (χ0) is 16.2. The van der Waals surface area contributed by atoms with Gasteiger partial charge in [0.2, 0.25) is 11.8 Å². The fourth-order valence-electron chi connectivity index (χ4n) is 4.13. The zero-order valence-corrected chi connectivity index (χ0v) is 14.0. The van der Waals surface area contributed by atoms with Crippen molar-refractivity contribution >= 4 is 11.8 Å². The third-order valence-corrected chi connectivity index (χ3v) is 5.38. The number of likely N-dealkylation sites (tertiary alicyclic amines) is 1. The molecule has 0 aromatic rings. The maximum atomic E-state index is 12.9. The number of piperidine rings is 1. The van der Waals surface area contributed by atoms with Crippen LogP contribution >= 0.6 is 0 Å². The predicted octanol–water partition coefficient (Wildman–Crippen LogP) is 1.29. The van der Waals surface area contributed by atoms with Crippen LogP contribution in [0.4, 0.5) is 0 Å². The summed E-state index contributed by atoms with van der Waals surface area (Å²) in [5.74, 6) is 0.662. The molecule has 1 N–H and O–H groups in total. The first-order valence-electron chi connectivity index (χ1n) is 8.94. The summed E-state index contributed by atoms with van der Waals surface area (Å²) in [5, 5.41) is 2.91. The molecule has 1 unspecified atom stereocenters. The lowest BCUT2D eigenvalue weighted by molar-refractivity contribution is -0.142. The molecule has 0 aromatic heterocycles. The normalized spacial score (nSPS) is 25.7. The number of carbonyl (C=O) groups excluding carboxylic acids is 2. The molecule has 0 radical (unpaired) electrons. The Hall–Kier alpha value is -1.14. The van der Waals surface area contributed by atoms with Crippen LogP contribution in [0.15, 0.2) is 0 Å². The van der Waals surface area contributed by atoms with E-state index >= 15 is 0 Å². The minimum absolute atomic E-state index is 0.0896. The van der Waals surface area contributed by atoms with E-state index in [1.165, 1.54) is 6.92 Å². The summed E-state index contributed by atoms with van der Waals surface area (Å²) < 4.78 is 11.2. The quantitative estimate of drug-likeness (QED) is 0.846. The van der Waals surface area contributed by atoms with Crippen molar-refractivity contribution in [2.24, 2.45) is 11.8 Å². The summed E-state index contributed by atoms with van der Waals surface area (Å²) in [7, 11) is 0. The van der Waals surface area contributed by atoms with Gasteiger partial charge in [0.1, 0.15) is 6.04 Å². The van der Waals surface area contributed by atoms with Gasteiger partial charge in [-0.1, -0.05) is 12.8 Å². The summed E-state index contributed by atoms with van der Waals surface area (Å²) in [4.78, 5) is 26.3. The number of carbonyl (C=O) groups is 2. The van der Waals surface area contributed by atoms with Gasteiger partial charge in [-0.15, -0.1) is 0 Å². The highest BCUT2D eigenvalue weighted by atomic mass is 16.7. The van der Waals surface area contributed by atoms with E-state index in [1.54, 1.807) is 0 Å². The molecule has 1 atom stereocenters. The molecule has 2 saturated heterocycles. The van der Waals surface area contributed by atoms with Crippen LogP contribution in [0.1, 0.15) is 45.4 Å². The summed E-state index contributed by atoms with van der Waals surface area (Å²) in [6.45, 7) is 4.31. The van der Waals surface area contributed by atoms with Crippen LogP contribution in [0.3, 0.4) is 0 Å². The monoisotopic (exact) mass is 324 g/mol. The Labute approximate surface area is 137 Å². The first-order valence-corrected chi connectivity index (χ1v) is 8.94. The molecule has 1 aliphatic carbocycles. The Bertz CT molecular complexity index is 422. The van der Waals surface area contributed by atoms with E-state index in [2.05, 4.69) is 5.32 Å². The number of hydrogen-bond acceptors (Lipinski definition) is 4. The molecule has 23 heavy (non-hydrogen) atoms. The number of hydrogen-bond donors (Lipinski definition) is 1. The Morgan fingerprint density at radius 2 is 1.65 bits per heavy atom. The number of nitrogens with zero attached hydrogens (tertiary/aromatic N) is 1. The highest BCUT2D eigenvalue weighted by Crippen LogP contribution is 2.30. The molecule has 0 spiro atoms. The highest BCUT2D eigenvalue weighted by molar-refractivity contribution is 5.87. The van der Waals surface area contributed by atoms with Crippen LogP contribution in [-0.2, 0) is 19.1 Å². The molecule has 130 valence electrons. The van der Waals surface area contributed by atoms with Gasteiger partial charge < -0.3 is 19.7 Å². The first kappa shape index (κ1) is 16.7. The van der Waals surface area contributed by atoms with Crippen LogP contribution in [0.5, 0.6) is 0 Å². The van der Waals surface area contributed by atoms with E-state index < -0.39 is 0 Å². The van der Waals surface area contributed by atoms with Gasteiger partial charge in [0.25, 0.3) is 0 Å². The third kappa shape index (κ3) is 4.04. The van der Waals surface area contributed by atoms with Gasteiger partial charge in [-0.3, -0.25) is 9.59 Å². The third-order valence-electron chi connectivity index (χ3n) is 5.38. The fourth-order valence-corrected chi connectivity index (χ4v) is 4.13. The minimum atomic E-state index is -0.342. The smallest absolute Gasteiger partial charge is 0.245 e. The van der Waals surface area contributed by atoms with E-state index in [0.29, 0.717) is 25.0 Å². The molecule has 3 aliphatic rings. The zero-order valence-electron chi connectivity index (χ0n) is 14.0.